The molecule has 0 unspecified atom stereocenters. The third kappa shape index (κ3) is 5.67. The second kappa shape index (κ2) is 10.8. The van der Waals surface area contributed by atoms with Gasteiger partial charge in [-0.2, -0.15) is 0 Å². The third-order valence-corrected chi connectivity index (χ3v) is 9.56. The number of amides is 1. The summed E-state index contributed by atoms with van der Waals surface area (Å²) in [6, 6.07) is 11.2. The van der Waals surface area contributed by atoms with Crippen LogP contribution in [0.15, 0.2) is 47.4 Å². The number of aryl methyl sites for hydroxylation is 2. The summed E-state index contributed by atoms with van der Waals surface area (Å²) < 4.78 is 33.4. The van der Waals surface area contributed by atoms with E-state index < -0.39 is 28.4 Å². The first kappa shape index (κ1) is 27.1. The van der Waals surface area contributed by atoms with Crippen molar-refractivity contribution in [3.05, 3.63) is 74.6 Å². The van der Waals surface area contributed by atoms with E-state index in [0.717, 1.165) is 32.4 Å². The molecule has 11 heteroatoms. The van der Waals surface area contributed by atoms with E-state index in [1.807, 2.05) is 20.9 Å². The number of ether oxygens (including phenoxy) is 1. The van der Waals surface area contributed by atoms with Crippen molar-refractivity contribution >= 4 is 55.5 Å². The normalized spacial score (nSPS) is 13.6. The lowest BCUT2D eigenvalue weighted by Gasteiger charge is -2.24. The number of methoxy groups -OCH3 is 1. The monoisotopic (exact) mass is 561 g/mol. The fraction of sp³-hybridized carbons (Fsp3) is 0.308. The molecule has 0 saturated carbocycles. The van der Waals surface area contributed by atoms with Crippen molar-refractivity contribution in [1.82, 2.24) is 4.90 Å². The first-order valence-electron chi connectivity index (χ1n) is 11.6. The molecule has 196 valence electrons. The number of thiophene rings is 1. The van der Waals surface area contributed by atoms with Crippen molar-refractivity contribution in [3.63, 3.8) is 0 Å². The largest absolute Gasteiger partial charge is 0.465 e. The van der Waals surface area contributed by atoms with E-state index in [-0.39, 0.29) is 10.6 Å². The molecule has 8 nitrogen and oxygen atoms in total. The van der Waals surface area contributed by atoms with Crippen molar-refractivity contribution in [2.75, 3.05) is 36.9 Å². The minimum Gasteiger partial charge on any atom is -0.465 e. The van der Waals surface area contributed by atoms with Gasteiger partial charge in [0.1, 0.15) is 11.5 Å². The second-order valence-electron chi connectivity index (χ2n) is 8.99. The van der Waals surface area contributed by atoms with Crippen molar-refractivity contribution in [3.8, 4) is 0 Å². The molecule has 1 aliphatic heterocycles. The molecule has 0 saturated heterocycles. The second-order valence-corrected chi connectivity index (χ2v) is 12.4. The fourth-order valence-corrected chi connectivity index (χ4v) is 7.04. The molecule has 2 aromatic carbocycles. The topological polar surface area (TPSA) is 96.0 Å². The minimum absolute atomic E-state index is 0.0486. The maximum atomic E-state index is 13.7. The maximum absolute atomic E-state index is 13.7. The minimum atomic E-state index is -4.11. The SMILES string of the molecule is COC(=O)c1c(NC(=O)CN(c2ccc(C)c(Cl)c2)S(=O)(=O)c2ccc(C)cc2)sc2c1CCN(C)C2. The lowest BCUT2D eigenvalue weighted by Crippen LogP contribution is -2.38. The molecule has 0 spiro atoms. The van der Waals surface area contributed by atoms with Crippen LogP contribution in [0.5, 0.6) is 0 Å². The van der Waals surface area contributed by atoms with E-state index in [4.69, 9.17) is 16.3 Å². The van der Waals surface area contributed by atoms with Crippen LogP contribution in [0.3, 0.4) is 0 Å². The lowest BCUT2D eigenvalue weighted by molar-refractivity contribution is -0.114. The van der Waals surface area contributed by atoms with Crippen LogP contribution in [0.4, 0.5) is 10.7 Å². The van der Waals surface area contributed by atoms with Gasteiger partial charge in [0, 0.05) is 23.0 Å². The highest BCUT2D eigenvalue weighted by molar-refractivity contribution is 7.92. The molecule has 37 heavy (non-hydrogen) atoms. The molecule has 2 heterocycles. The summed E-state index contributed by atoms with van der Waals surface area (Å²) in [6.45, 7) is 4.58. The number of likely N-dealkylation sites (N-methyl/N-ethyl adjacent to an activating group) is 1. The number of fused-ring (bicyclic) bond motifs is 1. The van der Waals surface area contributed by atoms with Crippen molar-refractivity contribution < 1.29 is 22.7 Å². The predicted molar refractivity (Wildman–Crippen MR) is 146 cm³/mol. The number of carbonyl (C=O) groups excluding carboxylic acids is 2. The van der Waals surface area contributed by atoms with Gasteiger partial charge in [0.2, 0.25) is 5.91 Å². The molecule has 4 rings (SSSR count). The van der Waals surface area contributed by atoms with E-state index in [2.05, 4.69) is 10.2 Å². The van der Waals surface area contributed by atoms with Gasteiger partial charge in [-0.3, -0.25) is 9.10 Å². The number of nitrogens with zero attached hydrogens (tertiary/aromatic N) is 2. The Morgan fingerprint density at radius 2 is 1.86 bits per heavy atom. The van der Waals surface area contributed by atoms with Crippen LogP contribution in [-0.2, 0) is 32.5 Å². The van der Waals surface area contributed by atoms with Crippen LogP contribution >= 0.6 is 22.9 Å². The summed E-state index contributed by atoms with van der Waals surface area (Å²) in [4.78, 5) is 29.1. The molecule has 0 aliphatic carbocycles. The zero-order valence-electron chi connectivity index (χ0n) is 21.0. The number of hydrogen-bond acceptors (Lipinski definition) is 7. The number of halogens is 1. The zero-order chi connectivity index (χ0) is 26.9. The van der Waals surface area contributed by atoms with Gasteiger partial charge in [0.25, 0.3) is 10.0 Å². The molecule has 0 fully saturated rings. The Kier molecular flexibility index (Phi) is 7.94. The van der Waals surface area contributed by atoms with Crippen molar-refractivity contribution in [2.45, 2.75) is 31.7 Å². The van der Waals surface area contributed by atoms with Crippen LogP contribution in [0.2, 0.25) is 5.02 Å². The Morgan fingerprint density at radius 3 is 2.51 bits per heavy atom. The standard InChI is InChI=1S/C26H28ClN3O5S2/c1-16-5-9-19(10-6-16)37(33,34)30(18-8-7-17(2)21(27)13-18)15-23(31)28-25-24(26(32)35-4)20-11-12-29(3)14-22(20)36-25/h5-10,13H,11-12,14-15H2,1-4H3,(H,28,31). The molecule has 1 N–H and O–H groups in total. The van der Waals surface area contributed by atoms with E-state index in [1.165, 1.54) is 36.6 Å². The Labute approximate surface area is 225 Å². The Balaban J connectivity index is 1.70. The summed E-state index contributed by atoms with van der Waals surface area (Å²) in [7, 11) is -0.829. The molecule has 1 aromatic heterocycles. The van der Waals surface area contributed by atoms with Crippen LogP contribution in [0.25, 0.3) is 0 Å². The first-order chi connectivity index (χ1) is 17.5. The summed E-state index contributed by atoms with van der Waals surface area (Å²) >= 11 is 7.61. The summed E-state index contributed by atoms with van der Waals surface area (Å²) in [6.07, 6.45) is 0.651. The molecule has 3 aromatic rings. The van der Waals surface area contributed by atoms with Gasteiger partial charge in [-0.25, -0.2) is 13.2 Å². The van der Waals surface area contributed by atoms with Gasteiger partial charge >= 0.3 is 5.97 Å². The number of rotatable bonds is 7. The predicted octanol–water partition coefficient (Wildman–Crippen LogP) is 4.63. The molecule has 1 amide bonds. The highest BCUT2D eigenvalue weighted by Gasteiger charge is 2.31. The number of anilines is 2. The maximum Gasteiger partial charge on any atom is 0.341 e. The average molecular weight is 562 g/mol. The highest BCUT2D eigenvalue weighted by Crippen LogP contribution is 2.37. The molecular formula is C26H28ClN3O5S2. The van der Waals surface area contributed by atoms with Crippen molar-refractivity contribution in [1.29, 1.82) is 0 Å². The summed E-state index contributed by atoms with van der Waals surface area (Å²) in [5, 5.41) is 3.51. The number of hydrogen-bond donors (Lipinski definition) is 1. The Bertz CT molecular complexity index is 1450. The van der Waals surface area contributed by atoms with E-state index in [9.17, 15) is 18.0 Å². The van der Waals surface area contributed by atoms with Crippen LogP contribution in [-0.4, -0.2) is 52.4 Å². The number of carbonyl (C=O) groups is 2. The lowest BCUT2D eigenvalue weighted by atomic mass is 10.0. The summed E-state index contributed by atoms with van der Waals surface area (Å²) in [5.41, 5.74) is 3.13. The van der Waals surface area contributed by atoms with E-state index in [1.54, 1.807) is 24.3 Å². The third-order valence-electron chi connectivity index (χ3n) is 6.23. The average Bonchev–Trinajstić information content (AvgIpc) is 3.20. The highest BCUT2D eigenvalue weighted by atomic mass is 35.5. The number of sulfonamides is 1. The van der Waals surface area contributed by atoms with E-state index >= 15 is 0 Å². The van der Waals surface area contributed by atoms with Crippen LogP contribution in [0.1, 0.15) is 31.9 Å². The van der Waals surface area contributed by atoms with Gasteiger partial charge in [-0.05, 0) is 62.7 Å². The molecule has 1 aliphatic rings. The smallest absolute Gasteiger partial charge is 0.341 e. The van der Waals surface area contributed by atoms with Gasteiger partial charge in [-0.1, -0.05) is 35.4 Å². The number of nitrogens with one attached hydrogen (secondary N) is 1. The molecular weight excluding hydrogens is 534 g/mol. The van der Waals surface area contributed by atoms with Gasteiger partial charge < -0.3 is 15.0 Å². The van der Waals surface area contributed by atoms with Crippen molar-refractivity contribution in [2.24, 2.45) is 0 Å². The van der Waals surface area contributed by atoms with Gasteiger partial charge in [-0.15, -0.1) is 11.3 Å². The molecule has 0 radical (unpaired) electrons. The van der Waals surface area contributed by atoms with Gasteiger partial charge in [0.15, 0.2) is 0 Å². The quantitative estimate of drug-likeness (QED) is 0.423. The van der Waals surface area contributed by atoms with E-state index in [0.29, 0.717) is 28.6 Å². The number of esters is 1. The Morgan fingerprint density at radius 1 is 1.16 bits per heavy atom. The van der Waals surface area contributed by atoms with Gasteiger partial charge in [0.05, 0.1) is 23.3 Å². The summed E-state index contributed by atoms with van der Waals surface area (Å²) in [5.74, 6) is -1.13. The van der Waals surface area contributed by atoms with Crippen LogP contribution < -0.4 is 9.62 Å². The first-order valence-corrected chi connectivity index (χ1v) is 14.2. The zero-order valence-corrected chi connectivity index (χ0v) is 23.4. The number of benzene rings is 2. The Hall–Kier alpha value is -2.92. The molecule has 0 atom stereocenters. The molecule has 0 bridgehead atoms. The van der Waals surface area contributed by atoms with Crippen LogP contribution in [0, 0.1) is 13.8 Å². The fourth-order valence-electron chi connectivity index (χ4n) is 4.12.